The lowest BCUT2D eigenvalue weighted by molar-refractivity contribution is 0.432. The monoisotopic (exact) mass is 319 g/mol. The Morgan fingerprint density at radius 2 is 1.64 bits per heavy atom. The third-order valence-electron chi connectivity index (χ3n) is 3.39. The number of nitrogens with zero attached hydrogens (tertiary/aromatic N) is 1. The highest BCUT2D eigenvalue weighted by Crippen LogP contribution is 2.31. The first-order chi connectivity index (χ1) is 10.5. The zero-order chi connectivity index (χ0) is 16.2. The number of hydrogen-bond donors (Lipinski definition) is 0. The van der Waals surface area contributed by atoms with Gasteiger partial charge in [0.2, 0.25) is 10.0 Å². The van der Waals surface area contributed by atoms with Crippen LogP contribution in [0.1, 0.15) is 19.4 Å². The smallest absolute Gasteiger partial charge is 0.246 e. The molecule has 0 spiro atoms. The number of ether oxygens (including phenoxy) is 1. The van der Waals surface area contributed by atoms with Gasteiger partial charge < -0.3 is 4.74 Å². The molecule has 0 saturated heterocycles. The molecule has 4 nitrogen and oxygen atoms in total. The Morgan fingerprint density at radius 3 is 2.23 bits per heavy atom. The van der Waals surface area contributed by atoms with E-state index in [1.165, 1.54) is 4.31 Å². The largest absolute Gasteiger partial charge is 0.456 e. The maximum Gasteiger partial charge on any atom is 0.246 e. The average Bonchev–Trinajstić information content (AvgIpc) is 2.49. The molecule has 0 aliphatic carbocycles. The van der Waals surface area contributed by atoms with Gasteiger partial charge in [-0.25, -0.2) is 8.42 Å². The molecular weight excluding hydrogens is 298 g/mol. The fourth-order valence-electron chi connectivity index (χ4n) is 2.23. The van der Waals surface area contributed by atoms with E-state index in [1.54, 1.807) is 30.3 Å². The number of hydrogen-bond acceptors (Lipinski definition) is 3. The summed E-state index contributed by atoms with van der Waals surface area (Å²) >= 11 is 0. The molecule has 0 unspecified atom stereocenters. The Balaban J connectivity index is 2.49. The maximum atomic E-state index is 12.8. The Bertz CT molecular complexity index is 723. The van der Waals surface area contributed by atoms with E-state index in [9.17, 15) is 8.42 Å². The summed E-state index contributed by atoms with van der Waals surface area (Å²) in [5, 5.41) is 0. The highest BCUT2D eigenvalue weighted by Gasteiger charge is 2.25. The van der Waals surface area contributed by atoms with Crippen molar-refractivity contribution in [3.63, 3.8) is 0 Å². The lowest BCUT2D eigenvalue weighted by Gasteiger charge is -2.20. The van der Waals surface area contributed by atoms with Crippen LogP contribution in [0.5, 0.6) is 11.5 Å². The lowest BCUT2D eigenvalue weighted by atomic mass is 10.2. The Kier molecular flexibility index (Phi) is 5.21. The Hall–Kier alpha value is -1.85. The van der Waals surface area contributed by atoms with Crippen LogP contribution >= 0.6 is 0 Å². The normalized spacial score (nSPS) is 11.6. The number of aryl methyl sites for hydroxylation is 1. The SMILES string of the molecule is CCN(CC)S(=O)(=O)c1ccc(C)cc1Oc1ccccc1. The second-order valence-electron chi connectivity index (χ2n) is 4.95. The second kappa shape index (κ2) is 6.94. The third-order valence-corrected chi connectivity index (χ3v) is 5.48. The zero-order valence-corrected chi connectivity index (χ0v) is 13.9. The summed E-state index contributed by atoms with van der Waals surface area (Å²) in [5.41, 5.74) is 0.949. The Morgan fingerprint density at radius 1 is 1.00 bits per heavy atom. The van der Waals surface area contributed by atoms with Gasteiger partial charge in [-0.15, -0.1) is 0 Å². The molecule has 2 rings (SSSR count). The minimum atomic E-state index is -3.56. The molecule has 118 valence electrons. The molecule has 0 heterocycles. The zero-order valence-electron chi connectivity index (χ0n) is 13.1. The topological polar surface area (TPSA) is 46.6 Å². The fourth-order valence-corrected chi connectivity index (χ4v) is 3.78. The van der Waals surface area contributed by atoms with Crippen LogP contribution in [0, 0.1) is 6.92 Å². The predicted molar refractivity (Wildman–Crippen MR) is 87.8 cm³/mol. The minimum absolute atomic E-state index is 0.200. The third kappa shape index (κ3) is 3.48. The van der Waals surface area contributed by atoms with Crippen LogP contribution in [0.3, 0.4) is 0 Å². The van der Waals surface area contributed by atoms with Crippen LogP contribution in [0.15, 0.2) is 53.4 Å². The van der Waals surface area contributed by atoms with Gasteiger partial charge in [-0.3, -0.25) is 0 Å². The van der Waals surface area contributed by atoms with E-state index in [1.807, 2.05) is 39.0 Å². The van der Waals surface area contributed by atoms with Crippen LogP contribution in [0.2, 0.25) is 0 Å². The van der Waals surface area contributed by atoms with Gasteiger partial charge in [0.25, 0.3) is 0 Å². The molecule has 22 heavy (non-hydrogen) atoms. The molecule has 2 aromatic carbocycles. The fraction of sp³-hybridized carbons (Fsp3) is 0.294. The van der Waals surface area contributed by atoms with Crippen LogP contribution in [-0.2, 0) is 10.0 Å². The van der Waals surface area contributed by atoms with Gasteiger partial charge in [-0.1, -0.05) is 38.1 Å². The van der Waals surface area contributed by atoms with E-state index in [-0.39, 0.29) is 4.90 Å². The van der Waals surface area contributed by atoms with Crippen molar-refractivity contribution in [2.45, 2.75) is 25.7 Å². The number of rotatable bonds is 6. The van der Waals surface area contributed by atoms with E-state index in [2.05, 4.69) is 0 Å². The van der Waals surface area contributed by atoms with Crippen LogP contribution in [0.25, 0.3) is 0 Å². The van der Waals surface area contributed by atoms with Crippen molar-refractivity contribution >= 4 is 10.0 Å². The summed E-state index contributed by atoms with van der Waals surface area (Å²) in [4.78, 5) is 0.200. The van der Waals surface area contributed by atoms with Gasteiger partial charge >= 0.3 is 0 Å². The molecule has 2 aromatic rings. The van der Waals surface area contributed by atoms with E-state index >= 15 is 0 Å². The molecule has 0 saturated carbocycles. The molecular formula is C17H21NO3S. The first-order valence-corrected chi connectivity index (χ1v) is 8.76. The van der Waals surface area contributed by atoms with Crippen LogP contribution in [-0.4, -0.2) is 25.8 Å². The van der Waals surface area contributed by atoms with E-state index in [0.717, 1.165) is 5.56 Å². The first-order valence-electron chi connectivity index (χ1n) is 7.32. The molecule has 0 N–H and O–H groups in total. The highest BCUT2D eigenvalue weighted by atomic mass is 32.2. The van der Waals surface area contributed by atoms with Gasteiger partial charge in [0.1, 0.15) is 16.4 Å². The van der Waals surface area contributed by atoms with Crippen LogP contribution in [0.4, 0.5) is 0 Å². The summed E-state index contributed by atoms with van der Waals surface area (Å²) in [6.07, 6.45) is 0. The van der Waals surface area contributed by atoms with Gasteiger partial charge in [0, 0.05) is 13.1 Å². The Labute approximate surface area is 132 Å². The minimum Gasteiger partial charge on any atom is -0.456 e. The van der Waals surface area contributed by atoms with Crippen molar-refractivity contribution in [1.29, 1.82) is 0 Å². The highest BCUT2D eigenvalue weighted by molar-refractivity contribution is 7.89. The maximum absolute atomic E-state index is 12.8. The van der Waals surface area contributed by atoms with Crippen molar-refractivity contribution in [1.82, 2.24) is 4.31 Å². The lowest BCUT2D eigenvalue weighted by Crippen LogP contribution is -2.30. The van der Waals surface area contributed by atoms with Gasteiger partial charge in [-0.2, -0.15) is 4.31 Å². The van der Waals surface area contributed by atoms with E-state index in [0.29, 0.717) is 24.6 Å². The van der Waals surface area contributed by atoms with Crippen molar-refractivity contribution in [3.05, 3.63) is 54.1 Å². The molecule has 0 radical (unpaired) electrons. The van der Waals surface area contributed by atoms with E-state index < -0.39 is 10.0 Å². The molecule has 0 aliphatic heterocycles. The molecule has 0 amide bonds. The van der Waals surface area contributed by atoms with Gasteiger partial charge in [-0.05, 0) is 36.8 Å². The average molecular weight is 319 g/mol. The molecule has 0 bridgehead atoms. The van der Waals surface area contributed by atoms with E-state index in [4.69, 9.17) is 4.74 Å². The first kappa shape index (κ1) is 16.5. The van der Waals surface area contributed by atoms with Gasteiger partial charge in [0.05, 0.1) is 0 Å². The van der Waals surface area contributed by atoms with Gasteiger partial charge in [0.15, 0.2) is 0 Å². The number of benzene rings is 2. The standard InChI is InChI=1S/C17H21NO3S/c1-4-18(5-2)22(19,20)17-12-11-14(3)13-16(17)21-15-9-7-6-8-10-15/h6-13H,4-5H2,1-3H3. The molecule has 5 heteroatoms. The summed E-state index contributed by atoms with van der Waals surface area (Å²) in [5.74, 6) is 0.974. The molecule has 0 aliphatic rings. The summed E-state index contributed by atoms with van der Waals surface area (Å²) in [6, 6.07) is 14.3. The van der Waals surface area contributed by atoms with Crippen molar-refractivity contribution < 1.29 is 13.2 Å². The van der Waals surface area contributed by atoms with Crippen molar-refractivity contribution in [3.8, 4) is 11.5 Å². The second-order valence-corrected chi connectivity index (χ2v) is 6.86. The summed E-state index contributed by atoms with van der Waals surface area (Å²) in [7, 11) is -3.56. The molecule has 0 aromatic heterocycles. The number of sulfonamides is 1. The number of para-hydroxylation sites is 1. The molecule has 0 atom stereocenters. The quantitative estimate of drug-likeness (QED) is 0.813. The van der Waals surface area contributed by atoms with Crippen LogP contribution < -0.4 is 4.74 Å². The predicted octanol–water partition coefficient (Wildman–Crippen LogP) is 3.82. The summed E-state index contributed by atoms with van der Waals surface area (Å²) < 4.78 is 32.8. The summed E-state index contributed by atoms with van der Waals surface area (Å²) in [6.45, 7) is 6.42. The van der Waals surface area contributed by atoms with Crippen molar-refractivity contribution in [2.75, 3.05) is 13.1 Å². The van der Waals surface area contributed by atoms with Crippen molar-refractivity contribution in [2.24, 2.45) is 0 Å². The molecule has 0 fully saturated rings.